The first-order valence-corrected chi connectivity index (χ1v) is 8.06. The summed E-state index contributed by atoms with van der Waals surface area (Å²) in [6.07, 6.45) is -4.72. The third-order valence-electron chi connectivity index (χ3n) is 3.35. The smallest absolute Gasteiger partial charge is 0.332 e. The number of carbonyl (C=O) groups is 1. The molecule has 3 aromatic rings. The Morgan fingerprint density at radius 2 is 2.00 bits per heavy atom. The van der Waals surface area contributed by atoms with Crippen molar-refractivity contribution in [1.29, 1.82) is 5.26 Å². The fraction of sp³-hybridized carbons (Fsp3) is 0.125. The molecule has 1 atom stereocenters. The van der Waals surface area contributed by atoms with Gasteiger partial charge >= 0.3 is 12.1 Å². The van der Waals surface area contributed by atoms with Crippen molar-refractivity contribution in [2.45, 2.75) is 12.2 Å². The molecule has 0 aliphatic rings. The van der Waals surface area contributed by atoms with Gasteiger partial charge in [0.15, 0.2) is 0 Å². The lowest BCUT2D eigenvalue weighted by Crippen LogP contribution is -2.27. The normalized spacial score (nSPS) is 12.4. The number of nitrogens with zero attached hydrogens (tertiary/aromatic N) is 3. The predicted octanol–water partition coefficient (Wildman–Crippen LogP) is 3.81. The van der Waals surface area contributed by atoms with Crippen molar-refractivity contribution < 1.29 is 22.5 Å². The average Bonchev–Trinajstić information content (AvgIpc) is 3.30. The monoisotopic (exact) mass is 378 g/mol. The summed E-state index contributed by atoms with van der Waals surface area (Å²) in [4.78, 5) is 15.5. The molecular weight excluding hydrogens is 369 g/mol. The highest BCUT2D eigenvalue weighted by Crippen LogP contribution is 2.29. The van der Waals surface area contributed by atoms with Gasteiger partial charge in [-0.15, -0.1) is 0 Å². The first-order valence-electron chi connectivity index (χ1n) is 7.12. The van der Waals surface area contributed by atoms with Crippen LogP contribution >= 0.6 is 11.3 Å². The lowest BCUT2D eigenvalue weighted by molar-refractivity contribution is -0.159. The van der Waals surface area contributed by atoms with Crippen molar-refractivity contribution >= 4 is 17.2 Å². The Bertz CT molecular complexity index is 943. The molecular formula is C16H9F3N4O2S. The summed E-state index contributed by atoms with van der Waals surface area (Å²) < 4.78 is 41.6. The molecule has 132 valence electrons. The molecule has 2 aromatic heterocycles. The molecule has 0 spiro atoms. The van der Waals surface area contributed by atoms with E-state index in [4.69, 9.17) is 0 Å². The van der Waals surface area contributed by atoms with E-state index >= 15 is 0 Å². The Labute approximate surface area is 148 Å². The summed E-state index contributed by atoms with van der Waals surface area (Å²) in [6, 6.07) is 8.52. The van der Waals surface area contributed by atoms with Gasteiger partial charge in [-0.1, -0.05) is 17.3 Å². The number of nitriles is 1. The van der Waals surface area contributed by atoms with Gasteiger partial charge in [-0.25, -0.2) is 0 Å². The lowest BCUT2D eigenvalue weighted by Gasteiger charge is -2.10. The quantitative estimate of drug-likeness (QED) is 0.745. The van der Waals surface area contributed by atoms with Crippen LogP contribution < -0.4 is 5.32 Å². The number of aromatic nitrogens is 2. The molecule has 1 N–H and O–H groups in total. The molecule has 10 heteroatoms. The van der Waals surface area contributed by atoms with Gasteiger partial charge in [0.05, 0.1) is 6.07 Å². The summed E-state index contributed by atoms with van der Waals surface area (Å²) in [7, 11) is 0. The molecule has 1 amide bonds. The van der Waals surface area contributed by atoms with Gasteiger partial charge in [0, 0.05) is 11.1 Å². The maximum atomic E-state index is 12.5. The molecule has 6 nitrogen and oxygen atoms in total. The van der Waals surface area contributed by atoms with Crippen LogP contribution in [0.4, 0.5) is 13.2 Å². The summed E-state index contributed by atoms with van der Waals surface area (Å²) in [5.41, 5.74) is 1.17. The zero-order chi connectivity index (χ0) is 18.7. The van der Waals surface area contributed by atoms with E-state index in [0.717, 1.165) is 0 Å². The third-order valence-corrected chi connectivity index (χ3v) is 4.06. The van der Waals surface area contributed by atoms with Gasteiger partial charge in [-0.2, -0.15) is 34.8 Å². The van der Waals surface area contributed by atoms with E-state index in [0.29, 0.717) is 5.56 Å². The van der Waals surface area contributed by atoms with E-state index in [9.17, 15) is 23.2 Å². The zero-order valence-corrected chi connectivity index (χ0v) is 13.6. The number of thiophene rings is 1. The SMILES string of the molecule is N#C[C@H](NC(=O)c1ccc(-c2noc(C(F)(F)F)n2)cc1)c1ccsc1. The fourth-order valence-corrected chi connectivity index (χ4v) is 2.76. The first kappa shape index (κ1) is 17.6. The Kier molecular flexibility index (Phi) is 4.73. The van der Waals surface area contributed by atoms with E-state index in [1.807, 2.05) is 6.07 Å². The van der Waals surface area contributed by atoms with Gasteiger partial charge in [0.25, 0.3) is 5.91 Å². The number of benzene rings is 1. The number of nitrogens with one attached hydrogen (secondary N) is 1. The van der Waals surface area contributed by atoms with Crippen molar-refractivity contribution in [2.24, 2.45) is 0 Å². The number of alkyl halides is 3. The summed E-state index contributed by atoms with van der Waals surface area (Å²) in [5.74, 6) is -2.17. The molecule has 0 fully saturated rings. The second-order valence-corrected chi connectivity index (χ2v) is 5.87. The van der Waals surface area contributed by atoms with E-state index in [2.05, 4.69) is 20.0 Å². The highest BCUT2D eigenvalue weighted by molar-refractivity contribution is 7.08. The molecule has 0 bridgehead atoms. The minimum atomic E-state index is -4.72. The van der Waals surface area contributed by atoms with Crippen molar-refractivity contribution in [3.05, 3.63) is 58.1 Å². The van der Waals surface area contributed by atoms with E-state index in [1.165, 1.54) is 35.6 Å². The van der Waals surface area contributed by atoms with Crippen molar-refractivity contribution in [3.8, 4) is 17.5 Å². The van der Waals surface area contributed by atoms with Gasteiger partial charge < -0.3 is 9.84 Å². The van der Waals surface area contributed by atoms with Crippen LogP contribution in [0.2, 0.25) is 0 Å². The highest BCUT2D eigenvalue weighted by Gasteiger charge is 2.38. The fourth-order valence-electron chi connectivity index (χ4n) is 2.07. The molecule has 0 aliphatic heterocycles. The van der Waals surface area contributed by atoms with Gasteiger partial charge in [0.1, 0.15) is 6.04 Å². The van der Waals surface area contributed by atoms with E-state index in [-0.39, 0.29) is 17.0 Å². The number of halogens is 3. The molecule has 1 aromatic carbocycles. The molecule has 0 unspecified atom stereocenters. The van der Waals surface area contributed by atoms with Crippen molar-refractivity contribution in [1.82, 2.24) is 15.5 Å². The number of hydrogen-bond acceptors (Lipinski definition) is 6. The molecule has 0 aliphatic carbocycles. The van der Waals surface area contributed by atoms with Crippen LogP contribution in [-0.2, 0) is 6.18 Å². The second kappa shape index (κ2) is 6.97. The molecule has 26 heavy (non-hydrogen) atoms. The summed E-state index contributed by atoms with van der Waals surface area (Å²) in [6.45, 7) is 0. The van der Waals surface area contributed by atoms with Crippen LogP contribution in [0.15, 0.2) is 45.6 Å². The van der Waals surface area contributed by atoms with Crippen molar-refractivity contribution in [2.75, 3.05) is 0 Å². The molecule has 0 radical (unpaired) electrons. The zero-order valence-electron chi connectivity index (χ0n) is 12.8. The maximum absolute atomic E-state index is 12.5. The Morgan fingerprint density at radius 1 is 1.27 bits per heavy atom. The number of hydrogen-bond donors (Lipinski definition) is 1. The van der Waals surface area contributed by atoms with E-state index in [1.54, 1.807) is 16.8 Å². The minimum Gasteiger partial charge on any atom is -0.332 e. The molecule has 0 saturated carbocycles. The maximum Gasteiger partial charge on any atom is 0.471 e. The Hall–Kier alpha value is -3.19. The average molecular weight is 378 g/mol. The van der Waals surface area contributed by atoms with Crippen LogP contribution in [0.25, 0.3) is 11.4 Å². The summed E-state index contributed by atoms with van der Waals surface area (Å²) in [5, 5.41) is 18.6. The Morgan fingerprint density at radius 3 is 2.54 bits per heavy atom. The number of rotatable bonds is 4. The minimum absolute atomic E-state index is 0.238. The van der Waals surface area contributed by atoms with Gasteiger partial charge in [0.2, 0.25) is 5.82 Å². The first-order chi connectivity index (χ1) is 12.4. The second-order valence-electron chi connectivity index (χ2n) is 5.09. The topological polar surface area (TPSA) is 91.8 Å². The highest BCUT2D eigenvalue weighted by atomic mass is 32.1. The third kappa shape index (κ3) is 3.73. The summed E-state index contributed by atoms with van der Waals surface area (Å²) >= 11 is 1.40. The van der Waals surface area contributed by atoms with Crippen LogP contribution in [0, 0.1) is 11.3 Å². The van der Waals surface area contributed by atoms with Crippen LogP contribution in [-0.4, -0.2) is 16.0 Å². The number of amides is 1. The largest absolute Gasteiger partial charge is 0.471 e. The lowest BCUT2D eigenvalue weighted by atomic mass is 10.1. The predicted molar refractivity (Wildman–Crippen MR) is 84.9 cm³/mol. The van der Waals surface area contributed by atoms with Gasteiger partial charge in [-0.3, -0.25) is 4.79 Å². The van der Waals surface area contributed by atoms with Crippen LogP contribution in [0.3, 0.4) is 0 Å². The van der Waals surface area contributed by atoms with E-state index < -0.39 is 24.0 Å². The van der Waals surface area contributed by atoms with Gasteiger partial charge in [-0.05, 0) is 34.5 Å². The number of carbonyl (C=O) groups excluding carboxylic acids is 1. The molecule has 3 rings (SSSR count). The standard InChI is InChI=1S/C16H9F3N4O2S/c17-16(18,19)15-22-13(23-25-15)9-1-3-10(4-2-9)14(24)21-12(7-20)11-5-6-26-8-11/h1-6,8,12H,(H,21,24)/t12-/m0/s1. The molecule has 2 heterocycles. The molecule has 0 saturated heterocycles. The van der Waals surface area contributed by atoms with Crippen molar-refractivity contribution in [3.63, 3.8) is 0 Å². The van der Waals surface area contributed by atoms with Crippen LogP contribution in [0.1, 0.15) is 27.9 Å². The Balaban J connectivity index is 1.74. The van der Waals surface area contributed by atoms with Crippen LogP contribution in [0.5, 0.6) is 0 Å².